The predicted octanol–water partition coefficient (Wildman–Crippen LogP) is 3.31. The number of ether oxygens (including phenoxy) is 2. The molecular formula is C15H14N2O5. The van der Waals surface area contributed by atoms with Crippen molar-refractivity contribution in [2.75, 3.05) is 14.2 Å². The van der Waals surface area contributed by atoms with E-state index >= 15 is 0 Å². The first-order chi connectivity index (χ1) is 10.6. The van der Waals surface area contributed by atoms with Gasteiger partial charge in [-0.15, -0.1) is 5.11 Å². The topological polar surface area (TPSA) is 101 Å². The Hall–Kier alpha value is -3.09. The number of phenols is 2. The van der Waals surface area contributed by atoms with Gasteiger partial charge in [0.05, 0.1) is 19.9 Å². The second kappa shape index (κ2) is 6.57. The Kier molecular flexibility index (Phi) is 4.57. The van der Waals surface area contributed by atoms with Gasteiger partial charge in [0, 0.05) is 6.07 Å². The highest BCUT2D eigenvalue weighted by Crippen LogP contribution is 2.44. The molecule has 114 valence electrons. The molecule has 7 heteroatoms. The summed E-state index contributed by atoms with van der Waals surface area (Å²) in [7, 11) is 2.44. The fourth-order valence-corrected chi connectivity index (χ4v) is 1.78. The molecule has 2 N–H and O–H groups in total. The number of hydrogen-bond acceptors (Lipinski definition) is 7. The van der Waals surface area contributed by atoms with Crippen molar-refractivity contribution in [3.8, 4) is 17.2 Å². The molecule has 7 nitrogen and oxygen atoms in total. The predicted molar refractivity (Wildman–Crippen MR) is 78.3 cm³/mol. The summed E-state index contributed by atoms with van der Waals surface area (Å²) in [5.41, 5.74) is 0.000979. The molecule has 0 aliphatic carbocycles. The molecule has 0 bridgehead atoms. The number of benzene rings is 2. The fourth-order valence-electron chi connectivity index (χ4n) is 1.78. The van der Waals surface area contributed by atoms with E-state index in [9.17, 15) is 15.0 Å². The monoisotopic (exact) mass is 302 g/mol. The zero-order chi connectivity index (χ0) is 16.1. The Morgan fingerprint density at radius 1 is 1.09 bits per heavy atom. The first-order valence-corrected chi connectivity index (χ1v) is 6.26. The van der Waals surface area contributed by atoms with Crippen LogP contribution in [0.1, 0.15) is 10.4 Å². The number of rotatable bonds is 4. The highest BCUT2D eigenvalue weighted by Gasteiger charge is 2.24. The third kappa shape index (κ3) is 2.98. The first-order valence-electron chi connectivity index (χ1n) is 6.26. The highest BCUT2D eigenvalue weighted by atomic mass is 16.5. The molecule has 2 aromatic rings. The quantitative estimate of drug-likeness (QED) is 0.512. The zero-order valence-electron chi connectivity index (χ0n) is 12.0. The van der Waals surface area contributed by atoms with E-state index in [4.69, 9.17) is 4.74 Å². The summed E-state index contributed by atoms with van der Waals surface area (Å²) in [4.78, 5) is 11.8. The smallest absolute Gasteiger partial charge is 0.344 e. The van der Waals surface area contributed by atoms with E-state index in [2.05, 4.69) is 15.0 Å². The maximum atomic E-state index is 11.8. The Labute approximate surface area is 126 Å². The number of azo groups is 1. The van der Waals surface area contributed by atoms with Crippen LogP contribution in [0.5, 0.6) is 17.2 Å². The van der Waals surface area contributed by atoms with Crippen molar-refractivity contribution in [3.05, 3.63) is 42.0 Å². The number of nitrogens with zero attached hydrogens (tertiary/aromatic N) is 2. The molecule has 0 fully saturated rings. The number of aromatic hydroxyl groups is 2. The summed E-state index contributed by atoms with van der Waals surface area (Å²) in [5.74, 6) is -1.78. The second-order valence-corrected chi connectivity index (χ2v) is 4.20. The number of hydrogen-bond donors (Lipinski definition) is 2. The third-order valence-electron chi connectivity index (χ3n) is 2.85. The van der Waals surface area contributed by atoms with Crippen LogP contribution in [-0.2, 0) is 4.74 Å². The van der Waals surface area contributed by atoms with E-state index < -0.39 is 11.7 Å². The maximum Gasteiger partial charge on any atom is 0.344 e. The fraction of sp³-hybridized carbons (Fsp3) is 0.133. The molecule has 0 amide bonds. The van der Waals surface area contributed by atoms with Crippen molar-refractivity contribution < 1.29 is 24.5 Å². The molecule has 0 aliphatic heterocycles. The standard InChI is InChI=1S/C15H14N2O5/c1-21-11-8-10(18)13(12(14(11)19)15(20)22-2)17-16-9-6-4-3-5-7-9/h3-8,18-19H,1-2H3. The molecule has 0 aliphatic rings. The molecule has 0 saturated carbocycles. The minimum absolute atomic E-state index is 0.0726. The van der Waals surface area contributed by atoms with Crippen LogP contribution < -0.4 is 4.74 Å². The second-order valence-electron chi connectivity index (χ2n) is 4.20. The number of phenolic OH excluding ortho intramolecular Hbond substituents is 2. The summed E-state index contributed by atoms with van der Waals surface area (Å²) in [5, 5.41) is 27.8. The van der Waals surface area contributed by atoms with Crippen LogP contribution in [0.15, 0.2) is 46.6 Å². The average molecular weight is 302 g/mol. The van der Waals surface area contributed by atoms with Crippen molar-refractivity contribution >= 4 is 17.3 Å². The van der Waals surface area contributed by atoms with Crippen molar-refractivity contribution in [1.29, 1.82) is 0 Å². The van der Waals surface area contributed by atoms with E-state index in [-0.39, 0.29) is 22.7 Å². The summed E-state index contributed by atoms with van der Waals surface area (Å²) < 4.78 is 9.49. The number of methoxy groups -OCH3 is 2. The van der Waals surface area contributed by atoms with Gasteiger partial charge in [0.2, 0.25) is 0 Å². The van der Waals surface area contributed by atoms with Gasteiger partial charge in [0.1, 0.15) is 17.0 Å². The Bertz CT molecular complexity index is 714. The summed E-state index contributed by atoms with van der Waals surface area (Å²) in [6.07, 6.45) is 0. The molecule has 22 heavy (non-hydrogen) atoms. The molecule has 0 spiro atoms. The first kappa shape index (κ1) is 15.3. The SMILES string of the molecule is COC(=O)c1c(O)c(OC)cc(O)c1N=Nc1ccccc1. The lowest BCUT2D eigenvalue weighted by atomic mass is 10.1. The van der Waals surface area contributed by atoms with Crippen LogP contribution in [0.2, 0.25) is 0 Å². The van der Waals surface area contributed by atoms with Gasteiger partial charge in [0.25, 0.3) is 0 Å². The number of carbonyl (C=O) groups excluding carboxylic acids is 1. The largest absolute Gasteiger partial charge is 0.505 e. The van der Waals surface area contributed by atoms with Crippen LogP contribution in [0.25, 0.3) is 0 Å². The van der Waals surface area contributed by atoms with E-state index in [0.717, 1.165) is 13.2 Å². The van der Waals surface area contributed by atoms with Gasteiger partial charge in [-0.2, -0.15) is 5.11 Å². The number of carbonyl (C=O) groups is 1. The van der Waals surface area contributed by atoms with Crippen LogP contribution in [0, 0.1) is 0 Å². The molecule has 2 rings (SSSR count). The zero-order valence-corrected chi connectivity index (χ0v) is 12.0. The molecule has 0 radical (unpaired) electrons. The van der Waals surface area contributed by atoms with Crippen molar-refractivity contribution in [2.45, 2.75) is 0 Å². The van der Waals surface area contributed by atoms with E-state index in [1.54, 1.807) is 24.3 Å². The van der Waals surface area contributed by atoms with Gasteiger partial charge in [-0.3, -0.25) is 0 Å². The molecule has 0 atom stereocenters. The van der Waals surface area contributed by atoms with Crippen LogP contribution in [0.3, 0.4) is 0 Å². The van der Waals surface area contributed by atoms with Gasteiger partial charge in [0.15, 0.2) is 11.5 Å². The lowest BCUT2D eigenvalue weighted by Crippen LogP contribution is -2.03. The summed E-state index contributed by atoms with van der Waals surface area (Å²) in [6, 6.07) is 9.88. The minimum Gasteiger partial charge on any atom is -0.505 e. The van der Waals surface area contributed by atoms with Gasteiger partial charge >= 0.3 is 5.97 Å². The molecule has 0 aromatic heterocycles. The molecule has 0 heterocycles. The normalized spacial score (nSPS) is 10.6. The summed E-state index contributed by atoms with van der Waals surface area (Å²) in [6.45, 7) is 0. The van der Waals surface area contributed by atoms with Crippen LogP contribution in [-0.4, -0.2) is 30.4 Å². The van der Waals surface area contributed by atoms with E-state index in [0.29, 0.717) is 5.69 Å². The lowest BCUT2D eigenvalue weighted by molar-refractivity contribution is 0.0597. The van der Waals surface area contributed by atoms with Crippen molar-refractivity contribution in [2.24, 2.45) is 10.2 Å². The Morgan fingerprint density at radius 2 is 1.77 bits per heavy atom. The average Bonchev–Trinajstić information content (AvgIpc) is 2.55. The lowest BCUT2D eigenvalue weighted by Gasteiger charge is -2.11. The van der Waals surface area contributed by atoms with E-state index in [1.165, 1.54) is 7.11 Å². The molecule has 0 saturated heterocycles. The highest BCUT2D eigenvalue weighted by molar-refractivity contribution is 6.00. The maximum absolute atomic E-state index is 11.8. The molecule has 0 unspecified atom stereocenters. The van der Waals surface area contributed by atoms with E-state index in [1.807, 2.05) is 6.07 Å². The van der Waals surface area contributed by atoms with Crippen molar-refractivity contribution in [3.63, 3.8) is 0 Å². The molecular weight excluding hydrogens is 288 g/mol. The molecule has 2 aromatic carbocycles. The van der Waals surface area contributed by atoms with Crippen LogP contribution >= 0.6 is 0 Å². The summed E-state index contributed by atoms with van der Waals surface area (Å²) >= 11 is 0. The van der Waals surface area contributed by atoms with Crippen molar-refractivity contribution in [1.82, 2.24) is 0 Å². The number of esters is 1. The van der Waals surface area contributed by atoms with Gasteiger partial charge in [-0.05, 0) is 12.1 Å². The Balaban J connectivity index is 2.57. The van der Waals surface area contributed by atoms with Gasteiger partial charge < -0.3 is 19.7 Å². The third-order valence-corrected chi connectivity index (χ3v) is 2.85. The Morgan fingerprint density at radius 3 is 2.36 bits per heavy atom. The van der Waals surface area contributed by atoms with Gasteiger partial charge in [-0.25, -0.2) is 4.79 Å². The van der Waals surface area contributed by atoms with Crippen LogP contribution in [0.4, 0.5) is 11.4 Å². The minimum atomic E-state index is -0.867. The van der Waals surface area contributed by atoms with Gasteiger partial charge in [-0.1, -0.05) is 18.2 Å².